The zero-order valence-corrected chi connectivity index (χ0v) is 13.8. The third kappa shape index (κ3) is 3.71. The van der Waals surface area contributed by atoms with Crippen molar-refractivity contribution in [2.24, 2.45) is 0 Å². The van der Waals surface area contributed by atoms with E-state index in [1.807, 2.05) is 17.8 Å². The van der Waals surface area contributed by atoms with E-state index in [2.05, 4.69) is 36.5 Å². The average Bonchev–Trinajstić information content (AvgIpc) is 3.00. The summed E-state index contributed by atoms with van der Waals surface area (Å²) in [5, 5.41) is 3.46. The molecule has 110 valence electrons. The van der Waals surface area contributed by atoms with E-state index in [-0.39, 0.29) is 0 Å². The van der Waals surface area contributed by atoms with Gasteiger partial charge in [-0.15, -0.1) is 11.8 Å². The SMILES string of the molecule is CCCNc1nc(CSc2ccccc2)nc2c1CSC2. The first-order valence-corrected chi connectivity index (χ1v) is 9.39. The van der Waals surface area contributed by atoms with Crippen LogP contribution in [-0.2, 0) is 17.3 Å². The van der Waals surface area contributed by atoms with E-state index in [4.69, 9.17) is 9.97 Å². The van der Waals surface area contributed by atoms with Crippen LogP contribution in [0.1, 0.15) is 30.4 Å². The Morgan fingerprint density at radius 2 is 2.05 bits per heavy atom. The first kappa shape index (κ1) is 14.7. The molecule has 2 heterocycles. The maximum Gasteiger partial charge on any atom is 0.141 e. The predicted octanol–water partition coefficient (Wildman–Crippen LogP) is 4.34. The molecule has 1 aromatic heterocycles. The maximum atomic E-state index is 4.74. The van der Waals surface area contributed by atoms with Gasteiger partial charge in [0.25, 0.3) is 0 Å². The molecule has 1 N–H and O–H groups in total. The molecule has 0 atom stereocenters. The Morgan fingerprint density at radius 1 is 1.19 bits per heavy atom. The smallest absolute Gasteiger partial charge is 0.141 e. The fraction of sp³-hybridized carbons (Fsp3) is 0.375. The van der Waals surface area contributed by atoms with Gasteiger partial charge in [0.1, 0.15) is 11.6 Å². The van der Waals surface area contributed by atoms with E-state index in [1.54, 1.807) is 11.8 Å². The standard InChI is InChI=1S/C16H19N3S2/c1-2-8-17-16-13-9-20-10-14(13)18-15(19-16)11-21-12-6-4-3-5-7-12/h3-7H,2,8-11H2,1H3,(H,17,18,19). The van der Waals surface area contributed by atoms with Gasteiger partial charge in [-0.2, -0.15) is 11.8 Å². The van der Waals surface area contributed by atoms with Gasteiger partial charge in [0, 0.05) is 28.5 Å². The first-order valence-electron chi connectivity index (χ1n) is 7.25. The van der Waals surface area contributed by atoms with Crippen LogP contribution < -0.4 is 5.32 Å². The minimum absolute atomic E-state index is 0.822. The van der Waals surface area contributed by atoms with E-state index >= 15 is 0 Å². The highest BCUT2D eigenvalue weighted by Crippen LogP contribution is 2.33. The first-order chi connectivity index (χ1) is 10.4. The van der Waals surface area contributed by atoms with Crippen molar-refractivity contribution in [3.8, 4) is 0 Å². The molecular formula is C16H19N3S2. The van der Waals surface area contributed by atoms with Crippen molar-refractivity contribution in [1.29, 1.82) is 0 Å². The molecule has 5 heteroatoms. The summed E-state index contributed by atoms with van der Waals surface area (Å²) in [7, 11) is 0. The number of hydrogen-bond acceptors (Lipinski definition) is 5. The molecule has 0 radical (unpaired) electrons. The zero-order valence-electron chi connectivity index (χ0n) is 12.1. The molecular weight excluding hydrogens is 298 g/mol. The average molecular weight is 317 g/mol. The molecule has 1 aliphatic rings. The molecule has 2 aromatic rings. The molecule has 0 saturated heterocycles. The summed E-state index contributed by atoms with van der Waals surface area (Å²) < 4.78 is 0. The second-order valence-corrected chi connectivity index (χ2v) is 6.97. The predicted molar refractivity (Wildman–Crippen MR) is 91.8 cm³/mol. The minimum Gasteiger partial charge on any atom is -0.370 e. The van der Waals surface area contributed by atoms with Crippen LogP contribution in [0.2, 0.25) is 0 Å². The summed E-state index contributed by atoms with van der Waals surface area (Å²) in [5.41, 5.74) is 2.53. The van der Waals surface area contributed by atoms with Crippen molar-refractivity contribution in [2.75, 3.05) is 11.9 Å². The van der Waals surface area contributed by atoms with Crippen LogP contribution in [0.5, 0.6) is 0 Å². The van der Waals surface area contributed by atoms with Gasteiger partial charge in [0.15, 0.2) is 0 Å². The van der Waals surface area contributed by atoms with Gasteiger partial charge in [-0.1, -0.05) is 25.1 Å². The lowest BCUT2D eigenvalue weighted by molar-refractivity contribution is 0.928. The summed E-state index contributed by atoms with van der Waals surface area (Å²) in [5.74, 6) is 4.86. The summed E-state index contributed by atoms with van der Waals surface area (Å²) >= 11 is 3.72. The van der Waals surface area contributed by atoms with Crippen molar-refractivity contribution in [3.05, 3.63) is 47.4 Å². The van der Waals surface area contributed by atoms with Crippen LogP contribution in [0, 0.1) is 0 Å². The van der Waals surface area contributed by atoms with E-state index in [9.17, 15) is 0 Å². The van der Waals surface area contributed by atoms with Crippen molar-refractivity contribution in [3.63, 3.8) is 0 Å². The summed E-state index contributed by atoms with van der Waals surface area (Å²) in [6.07, 6.45) is 1.11. The van der Waals surface area contributed by atoms with Crippen LogP contribution in [0.4, 0.5) is 5.82 Å². The van der Waals surface area contributed by atoms with Gasteiger partial charge in [-0.3, -0.25) is 0 Å². The fourth-order valence-corrected chi connectivity index (χ4v) is 4.04. The van der Waals surface area contributed by atoms with Gasteiger partial charge in [0.05, 0.1) is 11.4 Å². The van der Waals surface area contributed by atoms with Gasteiger partial charge in [-0.25, -0.2) is 9.97 Å². The summed E-state index contributed by atoms with van der Waals surface area (Å²) in [4.78, 5) is 10.7. The quantitative estimate of drug-likeness (QED) is 0.802. The van der Waals surface area contributed by atoms with Gasteiger partial charge in [0.2, 0.25) is 0 Å². The maximum absolute atomic E-state index is 4.74. The Balaban J connectivity index is 1.76. The van der Waals surface area contributed by atoms with Crippen LogP contribution in [0.3, 0.4) is 0 Å². The Bertz CT molecular complexity index is 602. The number of anilines is 1. The van der Waals surface area contributed by atoms with Crippen LogP contribution in [0.15, 0.2) is 35.2 Å². The highest BCUT2D eigenvalue weighted by molar-refractivity contribution is 7.98. The second kappa shape index (κ2) is 7.18. The van der Waals surface area contributed by atoms with Crippen LogP contribution in [0.25, 0.3) is 0 Å². The molecule has 21 heavy (non-hydrogen) atoms. The fourth-order valence-electron chi connectivity index (χ4n) is 2.22. The number of aromatic nitrogens is 2. The Morgan fingerprint density at radius 3 is 2.86 bits per heavy atom. The monoisotopic (exact) mass is 317 g/mol. The van der Waals surface area contributed by atoms with Crippen molar-refractivity contribution < 1.29 is 0 Å². The number of fused-ring (bicyclic) bond motifs is 1. The van der Waals surface area contributed by atoms with Crippen molar-refractivity contribution in [2.45, 2.75) is 35.5 Å². The number of nitrogens with one attached hydrogen (secondary N) is 1. The number of benzene rings is 1. The molecule has 3 rings (SSSR count). The van der Waals surface area contributed by atoms with E-state index < -0.39 is 0 Å². The van der Waals surface area contributed by atoms with Gasteiger partial charge < -0.3 is 5.32 Å². The van der Waals surface area contributed by atoms with Crippen molar-refractivity contribution >= 4 is 29.3 Å². The van der Waals surface area contributed by atoms with E-state index in [0.717, 1.165) is 41.9 Å². The van der Waals surface area contributed by atoms with E-state index in [0.29, 0.717) is 0 Å². The largest absolute Gasteiger partial charge is 0.370 e. The highest BCUT2D eigenvalue weighted by atomic mass is 32.2. The van der Waals surface area contributed by atoms with Crippen LogP contribution in [-0.4, -0.2) is 16.5 Å². The number of hydrogen-bond donors (Lipinski definition) is 1. The third-order valence-corrected chi connectivity index (χ3v) is 5.26. The molecule has 1 aromatic carbocycles. The van der Waals surface area contributed by atoms with Crippen molar-refractivity contribution in [1.82, 2.24) is 9.97 Å². The lowest BCUT2D eigenvalue weighted by Gasteiger charge is -2.11. The number of nitrogens with zero attached hydrogens (tertiary/aromatic N) is 2. The lowest BCUT2D eigenvalue weighted by Crippen LogP contribution is -2.09. The molecule has 0 fully saturated rings. The minimum atomic E-state index is 0.822. The Labute approximate surface area is 134 Å². The molecule has 1 aliphatic heterocycles. The molecule has 3 nitrogen and oxygen atoms in total. The lowest BCUT2D eigenvalue weighted by atomic mass is 10.2. The zero-order chi connectivity index (χ0) is 14.5. The Kier molecular flexibility index (Phi) is 5.04. The normalized spacial score (nSPS) is 13.2. The molecule has 0 amide bonds. The summed E-state index contributed by atoms with van der Waals surface area (Å²) in [6.45, 7) is 3.15. The van der Waals surface area contributed by atoms with Gasteiger partial charge >= 0.3 is 0 Å². The van der Waals surface area contributed by atoms with Crippen LogP contribution >= 0.6 is 23.5 Å². The molecule has 0 aliphatic carbocycles. The highest BCUT2D eigenvalue weighted by Gasteiger charge is 2.19. The topological polar surface area (TPSA) is 37.8 Å². The molecule has 0 saturated carbocycles. The molecule has 0 unspecified atom stereocenters. The second-order valence-electron chi connectivity index (χ2n) is 4.93. The Hall–Kier alpha value is -1.20. The molecule has 0 spiro atoms. The number of rotatable bonds is 6. The van der Waals surface area contributed by atoms with Gasteiger partial charge in [-0.05, 0) is 18.6 Å². The third-order valence-electron chi connectivity index (χ3n) is 3.28. The van der Waals surface area contributed by atoms with E-state index in [1.165, 1.54) is 16.2 Å². The summed E-state index contributed by atoms with van der Waals surface area (Å²) in [6, 6.07) is 10.4. The number of thioether (sulfide) groups is 2. The molecule has 0 bridgehead atoms.